The number of benzene rings is 1. The van der Waals surface area contributed by atoms with Crippen LogP contribution in [0.4, 0.5) is 0 Å². The smallest absolute Gasteiger partial charge is 0.247 e. The Balaban J connectivity index is 2.75. The van der Waals surface area contributed by atoms with Gasteiger partial charge in [0, 0.05) is 4.70 Å². The van der Waals surface area contributed by atoms with E-state index in [9.17, 15) is 8.42 Å². The van der Waals surface area contributed by atoms with Gasteiger partial charge in [0.2, 0.25) is 10.0 Å². The van der Waals surface area contributed by atoms with Crippen molar-refractivity contribution in [2.75, 3.05) is 0 Å². The van der Waals surface area contributed by atoms with Crippen molar-refractivity contribution in [3.8, 4) is 5.75 Å². The summed E-state index contributed by atoms with van der Waals surface area (Å²) in [5, 5.41) is 14.9. The quantitative estimate of drug-likeness (QED) is 0.772. The third-order valence-corrected chi connectivity index (χ3v) is 4.28. The molecule has 1 heterocycles. The molecule has 2 rings (SSSR count). The summed E-state index contributed by atoms with van der Waals surface area (Å²) in [7, 11) is -3.64. The number of primary sulfonamides is 1. The van der Waals surface area contributed by atoms with E-state index in [-0.39, 0.29) is 9.96 Å². The molecule has 6 heteroatoms. The van der Waals surface area contributed by atoms with Crippen LogP contribution in [0.2, 0.25) is 0 Å². The number of fused-ring (bicyclic) bond motifs is 1. The third kappa shape index (κ3) is 1.59. The van der Waals surface area contributed by atoms with Crippen LogP contribution >= 0.6 is 11.3 Å². The molecular formula is C8H7NO3S2. The minimum absolute atomic E-state index is 0.109. The van der Waals surface area contributed by atoms with Gasteiger partial charge in [0.05, 0.1) is 0 Å². The molecule has 2 aromatic rings. The Kier molecular flexibility index (Phi) is 1.99. The zero-order chi connectivity index (χ0) is 10.3. The number of phenolic OH excluding ortho intramolecular Hbond substituents is 1. The molecule has 74 valence electrons. The van der Waals surface area contributed by atoms with E-state index in [4.69, 9.17) is 10.2 Å². The van der Waals surface area contributed by atoms with Gasteiger partial charge >= 0.3 is 0 Å². The maximum absolute atomic E-state index is 11.0. The highest BCUT2D eigenvalue weighted by Gasteiger charge is 2.12. The molecule has 0 aliphatic rings. The number of sulfonamides is 1. The van der Waals surface area contributed by atoms with Crippen LogP contribution in [0, 0.1) is 0 Å². The first-order valence-electron chi connectivity index (χ1n) is 3.72. The van der Waals surface area contributed by atoms with Crippen molar-refractivity contribution in [1.29, 1.82) is 0 Å². The van der Waals surface area contributed by atoms with Crippen molar-refractivity contribution in [3.05, 3.63) is 24.3 Å². The van der Waals surface area contributed by atoms with E-state index in [1.807, 2.05) is 0 Å². The maximum atomic E-state index is 11.0. The minimum Gasteiger partial charge on any atom is -0.508 e. The lowest BCUT2D eigenvalue weighted by molar-refractivity contribution is 0.476. The Morgan fingerprint density at radius 2 is 2.00 bits per heavy atom. The fourth-order valence-corrected chi connectivity index (χ4v) is 2.99. The lowest BCUT2D eigenvalue weighted by Crippen LogP contribution is -2.09. The molecule has 0 spiro atoms. The lowest BCUT2D eigenvalue weighted by Gasteiger charge is -1.89. The Morgan fingerprint density at radius 3 is 2.64 bits per heavy atom. The number of thiophene rings is 1. The summed E-state index contributed by atoms with van der Waals surface area (Å²) in [5.74, 6) is 0.111. The van der Waals surface area contributed by atoms with E-state index < -0.39 is 10.0 Å². The first-order chi connectivity index (χ1) is 6.47. The Bertz CT molecular complexity index is 586. The van der Waals surface area contributed by atoms with Crippen molar-refractivity contribution < 1.29 is 13.5 Å². The lowest BCUT2D eigenvalue weighted by atomic mass is 10.2. The van der Waals surface area contributed by atoms with Crippen LogP contribution in [-0.4, -0.2) is 13.5 Å². The normalized spacial score (nSPS) is 12.1. The summed E-state index contributed by atoms with van der Waals surface area (Å²) in [6, 6.07) is 6.15. The highest BCUT2D eigenvalue weighted by atomic mass is 32.2. The van der Waals surface area contributed by atoms with Gasteiger partial charge in [-0.2, -0.15) is 0 Å². The van der Waals surface area contributed by atoms with Crippen LogP contribution in [0.5, 0.6) is 5.75 Å². The highest BCUT2D eigenvalue weighted by molar-refractivity contribution is 7.91. The average molecular weight is 229 g/mol. The highest BCUT2D eigenvalue weighted by Crippen LogP contribution is 2.30. The van der Waals surface area contributed by atoms with E-state index in [1.165, 1.54) is 18.2 Å². The Morgan fingerprint density at radius 1 is 1.29 bits per heavy atom. The standard InChI is InChI=1S/C8H7NO3S2/c9-14(11,12)8-3-5-1-2-6(10)4-7(5)13-8/h1-4,10H,(H2,9,11,12). The van der Waals surface area contributed by atoms with Gasteiger partial charge in [-0.25, -0.2) is 13.6 Å². The second-order valence-electron chi connectivity index (χ2n) is 2.83. The Hall–Kier alpha value is -1.11. The molecule has 0 radical (unpaired) electrons. The van der Waals surface area contributed by atoms with Gasteiger partial charge in [0.1, 0.15) is 9.96 Å². The molecule has 0 saturated carbocycles. The molecule has 14 heavy (non-hydrogen) atoms. The van der Waals surface area contributed by atoms with Crippen LogP contribution in [0.1, 0.15) is 0 Å². The van der Waals surface area contributed by atoms with Gasteiger partial charge in [0.25, 0.3) is 0 Å². The molecule has 4 nitrogen and oxygen atoms in total. The van der Waals surface area contributed by atoms with E-state index in [2.05, 4.69) is 0 Å². The summed E-state index contributed by atoms with van der Waals surface area (Å²) >= 11 is 1.05. The number of hydrogen-bond acceptors (Lipinski definition) is 4. The van der Waals surface area contributed by atoms with Gasteiger partial charge in [-0.1, -0.05) is 0 Å². The van der Waals surface area contributed by atoms with Crippen molar-refractivity contribution >= 4 is 31.4 Å². The molecule has 0 amide bonds. The summed E-state index contributed by atoms with van der Waals surface area (Å²) in [4.78, 5) is 0. The average Bonchev–Trinajstić information content (AvgIpc) is 2.45. The van der Waals surface area contributed by atoms with Crippen molar-refractivity contribution in [3.63, 3.8) is 0 Å². The molecule has 0 aliphatic heterocycles. The van der Waals surface area contributed by atoms with Gasteiger partial charge in [-0.05, 0) is 29.7 Å². The molecule has 0 fully saturated rings. The number of aromatic hydroxyl groups is 1. The molecule has 0 aliphatic carbocycles. The summed E-state index contributed by atoms with van der Waals surface area (Å²) in [5.41, 5.74) is 0. The zero-order valence-electron chi connectivity index (χ0n) is 6.97. The first-order valence-corrected chi connectivity index (χ1v) is 6.08. The van der Waals surface area contributed by atoms with Gasteiger partial charge < -0.3 is 5.11 Å². The van der Waals surface area contributed by atoms with Crippen LogP contribution in [0.3, 0.4) is 0 Å². The van der Waals surface area contributed by atoms with Crippen LogP contribution in [-0.2, 0) is 10.0 Å². The van der Waals surface area contributed by atoms with Crippen LogP contribution in [0.25, 0.3) is 10.1 Å². The van der Waals surface area contributed by atoms with Gasteiger partial charge in [-0.15, -0.1) is 11.3 Å². The largest absolute Gasteiger partial charge is 0.508 e. The van der Waals surface area contributed by atoms with Crippen molar-refractivity contribution in [1.82, 2.24) is 0 Å². The predicted octanol–water partition coefficient (Wildman–Crippen LogP) is 1.25. The molecule has 3 N–H and O–H groups in total. The maximum Gasteiger partial charge on any atom is 0.247 e. The number of phenols is 1. The number of nitrogens with two attached hydrogens (primary N) is 1. The van der Waals surface area contributed by atoms with Crippen LogP contribution < -0.4 is 5.14 Å². The fraction of sp³-hybridized carbons (Fsp3) is 0. The second-order valence-corrected chi connectivity index (χ2v) is 5.70. The van der Waals surface area contributed by atoms with E-state index >= 15 is 0 Å². The molecule has 0 bridgehead atoms. The van der Waals surface area contributed by atoms with Crippen LogP contribution in [0.15, 0.2) is 28.5 Å². The summed E-state index contributed by atoms with van der Waals surface area (Å²) in [6.07, 6.45) is 0. The second kappa shape index (κ2) is 2.94. The van der Waals surface area contributed by atoms with Crippen molar-refractivity contribution in [2.45, 2.75) is 4.21 Å². The van der Waals surface area contributed by atoms with E-state index in [0.29, 0.717) is 4.70 Å². The van der Waals surface area contributed by atoms with E-state index in [0.717, 1.165) is 16.7 Å². The predicted molar refractivity (Wildman–Crippen MR) is 54.9 cm³/mol. The van der Waals surface area contributed by atoms with Crippen molar-refractivity contribution in [2.24, 2.45) is 5.14 Å². The molecule has 0 unspecified atom stereocenters. The molecule has 1 aromatic heterocycles. The molecule has 1 aromatic carbocycles. The monoisotopic (exact) mass is 229 g/mol. The van der Waals surface area contributed by atoms with Gasteiger partial charge in [0.15, 0.2) is 0 Å². The minimum atomic E-state index is -3.64. The number of hydrogen-bond donors (Lipinski definition) is 2. The first kappa shape index (κ1) is 9.45. The molecule has 0 atom stereocenters. The molecular weight excluding hydrogens is 222 g/mol. The SMILES string of the molecule is NS(=O)(=O)c1cc2ccc(O)cc2s1. The topological polar surface area (TPSA) is 80.4 Å². The number of rotatable bonds is 1. The summed E-state index contributed by atoms with van der Waals surface area (Å²) in [6.45, 7) is 0. The fourth-order valence-electron chi connectivity index (χ4n) is 1.14. The third-order valence-electron chi connectivity index (χ3n) is 1.76. The van der Waals surface area contributed by atoms with E-state index in [1.54, 1.807) is 6.07 Å². The Labute approximate surface area is 84.6 Å². The molecule has 0 saturated heterocycles. The zero-order valence-corrected chi connectivity index (χ0v) is 8.60. The summed E-state index contributed by atoms with van der Waals surface area (Å²) < 4.78 is 22.8. The van der Waals surface area contributed by atoms with Gasteiger partial charge in [-0.3, -0.25) is 0 Å².